The van der Waals surface area contributed by atoms with Crippen molar-refractivity contribution in [1.82, 2.24) is 4.57 Å². The fourth-order valence-electron chi connectivity index (χ4n) is 2.25. The van der Waals surface area contributed by atoms with Crippen molar-refractivity contribution in [3.8, 4) is 0 Å². The first-order valence-corrected chi connectivity index (χ1v) is 5.85. The Hall–Kier alpha value is -1.76. The fourth-order valence-corrected chi connectivity index (χ4v) is 2.25. The first-order valence-electron chi connectivity index (χ1n) is 5.85. The highest BCUT2D eigenvalue weighted by molar-refractivity contribution is 5.86. The lowest BCUT2D eigenvalue weighted by atomic mass is 10.1. The van der Waals surface area contributed by atoms with Gasteiger partial charge in [-0.1, -0.05) is 37.3 Å². The summed E-state index contributed by atoms with van der Waals surface area (Å²) in [5, 5.41) is 1.31. The van der Waals surface area contributed by atoms with Gasteiger partial charge in [-0.2, -0.15) is 0 Å². The van der Waals surface area contributed by atoms with Gasteiger partial charge < -0.3 is 4.57 Å². The van der Waals surface area contributed by atoms with Crippen LogP contribution in [0.3, 0.4) is 0 Å². The molecule has 1 unspecified atom stereocenters. The van der Waals surface area contributed by atoms with E-state index in [4.69, 9.17) is 0 Å². The summed E-state index contributed by atoms with van der Waals surface area (Å²) in [6.45, 7) is 2.22. The summed E-state index contributed by atoms with van der Waals surface area (Å²) < 4.78 is 2.27. The van der Waals surface area contributed by atoms with Crippen molar-refractivity contribution in [2.24, 2.45) is 5.92 Å². The van der Waals surface area contributed by atoms with Gasteiger partial charge in [0.2, 0.25) is 0 Å². The molecule has 0 aliphatic carbocycles. The molecule has 1 aliphatic heterocycles. The molecule has 1 aromatic heterocycles. The van der Waals surface area contributed by atoms with Gasteiger partial charge in [-0.15, -0.1) is 0 Å². The molecule has 2 aromatic rings. The van der Waals surface area contributed by atoms with Crippen molar-refractivity contribution in [2.45, 2.75) is 13.3 Å². The molecule has 0 amide bonds. The third kappa shape index (κ3) is 1.40. The first-order chi connectivity index (χ1) is 7.88. The fraction of sp³-hybridized carbons (Fsp3) is 0.200. The van der Waals surface area contributed by atoms with Gasteiger partial charge in [0.15, 0.2) is 0 Å². The molecule has 80 valence electrons. The highest BCUT2D eigenvalue weighted by atomic mass is 15.0. The van der Waals surface area contributed by atoms with Crippen LogP contribution in [0.2, 0.25) is 0 Å². The quantitative estimate of drug-likeness (QED) is 0.664. The molecule has 0 saturated carbocycles. The third-order valence-corrected chi connectivity index (χ3v) is 3.25. The maximum absolute atomic E-state index is 2.29. The molecular formula is C15H15N. The van der Waals surface area contributed by atoms with E-state index < -0.39 is 0 Å². The molecule has 16 heavy (non-hydrogen) atoms. The number of aromatic nitrogens is 1. The van der Waals surface area contributed by atoms with E-state index in [0.717, 1.165) is 6.42 Å². The molecule has 2 heterocycles. The lowest BCUT2D eigenvalue weighted by Gasteiger charge is -2.00. The van der Waals surface area contributed by atoms with Crippen LogP contribution in [0.25, 0.3) is 23.2 Å². The van der Waals surface area contributed by atoms with Crippen molar-refractivity contribution in [3.05, 3.63) is 48.2 Å². The third-order valence-electron chi connectivity index (χ3n) is 3.25. The number of hydrogen-bond acceptors (Lipinski definition) is 0. The number of fused-ring (bicyclic) bond motifs is 3. The normalized spacial score (nSPS) is 18.7. The van der Waals surface area contributed by atoms with Gasteiger partial charge in [0.05, 0.1) is 5.52 Å². The smallest absolute Gasteiger partial charge is 0.0528 e. The Morgan fingerprint density at radius 1 is 1.19 bits per heavy atom. The maximum atomic E-state index is 2.29. The molecule has 1 aromatic carbocycles. The first kappa shape index (κ1) is 9.46. The number of allylic oxidation sites excluding steroid dienone is 2. The van der Waals surface area contributed by atoms with Gasteiger partial charge in [0.25, 0.3) is 0 Å². The summed E-state index contributed by atoms with van der Waals surface area (Å²) >= 11 is 0. The average molecular weight is 209 g/mol. The highest BCUT2D eigenvalue weighted by Crippen LogP contribution is 2.24. The molecule has 0 N–H and O–H groups in total. The summed E-state index contributed by atoms with van der Waals surface area (Å²) in [6, 6.07) is 10.8. The van der Waals surface area contributed by atoms with Crippen LogP contribution in [0.4, 0.5) is 0 Å². The standard InChI is InChI=1S/C15H15N/c1-2-12-7-8-14-11-13-5-3-4-6-15(13)16(14)10-9-12/h3-12H,2H2,1H3. The van der Waals surface area contributed by atoms with Crippen LogP contribution in [0.5, 0.6) is 0 Å². The van der Waals surface area contributed by atoms with Gasteiger partial charge in [-0.3, -0.25) is 0 Å². The lowest BCUT2D eigenvalue weighted by molar-refractivity contribution is 0.781. The Morgan fingerprint density at radius 2 is 2.06 bits per heavy atom. The molecule has 1 aliphatic rings. The van der Waals surface area contributed by atoms with Crippen LogP contribution in [0.1, 0.15) is 19.0 Å². The van der Waals surface area contributed by atoms with E-state index in [1.165, 1.54) is 16.6 Å². The van der Waals surface area contributed by atoms with E-state index in [0.29, 0.717) is 5.92 Å². The second-order valence-electron chi connectivity index (χ2n) is 4.27. The summed E-state index contributed by atoms with van der Waals surface area (Å²) in [7, 11) is 0. The van der Waals surface area contributed by atoms with Crippen LogP contribution >= 0.6 is 0 Å². The number of hydrogen-bond donors (Lipinski definition) is 0. The largest absolute Gasteiger partial charge is 0.317 e. The van der Waals surface area contributed by atoms with E-state index in [1.807, 2.05) is 0 Å². The number of nitrogens with zero attached hydrogens (tertiary/aromatic N) is 1. The number of rotatable bonds is 1. The van der Waals surface area contributed by atoms with Crippen LogP contribution in [-0.2, 0) is 0 Å². The SMILES string of the molecule is CCC1C=Cc2cc3ccccc3n2C=C1. The molecule has 1 heteroatoms. The summed E-state index contributed by atoms with van der Waals surface area (Å²) in [5.74, 6) is 0.568. The van der Waals surface area contributed by atoms with Gasteiger partial charge >= 0.3 is 0 Å². The van der Waals surface area contributed by atoms with E-state index >= 15 is 0 Å². The topological polar surface area (TPSA) is 4.93 Å². The van der Waals surface area contributed by atoms with Crippen molar-refractivity contribution in [1.29, 1.82) is 0 Å². The number of benzene rings is 1. The van der Waals surface area contributed by atoms with Crippen molar-refractivity contribution < 1.29 is 0 Å². The molecule has 1 nitrogen and oxygen atoms in total. The predicted octanol–water partition coefficient (Wildman–Crippen LogP) is 4.17. The summed E-state index contributed by atoms with van der Waals surface area (Å²) in [6.07, 6.45) is 10.2. The van der Waals surface area contributed by atoms with Gasteiger partial charge in [-0.25, -0.2) is 0 Å². The van der Waals surface area contributed by atoms with E-state index in [-0.39, 0.29) is 0 Å². The summed E-state index contributed by atoms with van der Waals surface area (Å²) in [5.41, 5.74) is 2.56. The van der Waals surface area contributed by atoms with Crippen LogP contribution < -0.4 is 0 Å². The second-order valence-corrected chi connectivity index (χ2v) is 4.27. The zero-order chi connectivity index (χ0) is 11.0. The molecule has 0 bridgehead atoms. The van der Waals surface area contributed by atoms with Crippen molar-refractivity contribution in [3.63, 3.8) is 0 Å². The van der Waals surface area contributed by atoms with E-state index in [1.54, 1.807) is 0 Å². The molecule has 0 fully saturated rings. The van der Waals surface area contributed by atoms with Crippen LogP contribution in [0.15, 0.2) is 42.5 Å². The average Bonchev–Trinajstić information content (AvgIpc) is 2.55. The van der Waals surface area contributed by atoms with Gasteiger partial charge in [-0.05, 0) is 30.5 Å². The predicted molar refractivity (Wildman–Crippen MR) is 70.1 cm³/mol. The van der Waals surface area contributed by atoms with E-state index in [2.05, 4.69) is 66.3 Å². The Bertz CT molecular complexity index is 572. The Morgan fingerprint density at radius 3 is 2.94 bits per heavy atom. The van der Waals surface area contributed by atoms with Gasteiger partial charge in [0.1, 0.15) is 0 Å². The minimum absolute atomic E-state index is 0.568. The van der Waals surface area contributed by atoms with Crippen molar-refractivity contribution in [2.75, 3.05) is 0 Å². The molecular weight excluding hydrogens is 194 g/mol. The maximum Gasteiger partial charge on any atom is 0.0528 e. The Balaban J connectivity index is 2.21. The molecule has 0 spiro atoms. The molecule has 3 rings (SSSR count). The minimum Gasteiger partial charge on any atom is -0.317 e. The zero-order valence-electron chi connectivity index (χ0n) is 9.43. The minimum atomic E-state index is 0.568. The van der Waals surface area contributed by atoms with Crippen LogP contribution in [0, 0.1) is 5.92 Å². The second kappa shape index (κ2) is 3.67. The van der Waals surface area contributed by atoms with Crippen molar-refractivity contribution >= 4 is 23.2 Å². The lowest BCUT2D eigenvalue weighted by Crippen LogP contribution is -1.88. The number of para-hydroxylation sites is 1. The van der Waals surface area contributed by atoms with E-state index in [9.17, 15) is 0 Å². The Labute approximate surface area is 95.7 Å². The Kier molecular flexibility index (Phi) is 2.17. The molecule has 1 atom stereocenters. The monoisotopic (exact) mass is 209 g/mol. The van der Waals surface area contributed by atoms with Gasteiger partial charge in [0, 0.05) is 17.3 Å². The molecule has 0 saturated heterocycles. The molecule has 0 radical (unpaired) electrons. The summed E-state index contributed by atoms with van der Waals surface area (Å²) in [4.78, 5) is 0. The van der Waals surface area contributed by atoms with Crippen LogP contribution in [-0.4, -0.2) is 4.57 Å². The highest BCUT2D eigenvalue weighted by Gasteiger charge is 2.07. The zero-order valence-corrected chi connectivity index (χ0v) is 9.43.